The molecular weight excluding hydrogens is 424 g/mol. The van der Waals surface area contributed by atoms with E-state index in [1.54, 1.807) is 11.3 Å². The number of hydrogen-bond acceptors (Lipinski definition) is 5. The maximum atomic E-state index is 13.1. The van der Waals surface area contributed by atoms with Crippen molar-refractivity contribution in [2.24, 2.45) is 0 Å². The van der Waals surface area contributed by atoms with Crippen molar-refractivity contribution in [3.05, 3.63) is 83.2 Å². The number of fused-ring (bicyclic) bond motifs is 1. The van der Waals surface area contributed by atoms with E-state index in [9.17, 15) is 4.79 Å². The van der Waals surface area contributed by atoms with Gasteiger partial charge in [-0.25, -0.2) is 0 Å². The maximum absolute atomic E-state index is 13.1. The quantitative estimate of drug-likeness (QED) is 0.386. The number of hydrogen-bond donors (Lipinski definition) is 0. The fourth-order valence-corrected chi connectivity index (χ4v) is 5.42. The molecule has 0 N–H and O–H groups in total. The molecule has 4 aromatic rings. The van der Waals surface area contributed by atoms with Gasteiger partial charge in [-0.2, -0.15) is 0 Å². The van der Waals surface area contributed by atoms with Crippen LogP contribution in [-0.4, -0.2) is 33.0 Å². The average molecular weight is 447 g/mol. The van der Waals surface area contributed by atoms with Crippen molar-refractivity contribution in [1.82, 2.24) is 14.8 Å². The lowest BCUT2D eigenvalue weighted by atomic mass is 10.0. The monoisotopic (exact) mass is 446 g/mol. The number of carbonyl (C=O) groups excluding carboxylic acids is 1. The maximum Gasteiger partial charge on any atom is 0.237 e. The first kappa shape index (κ1) is 20.0. The van der Waals surface area contributed by atoms with Crippen molar-refractivity contribution in [3.8, 4) is 10.7 Å². The van der Waals surface area contributed by atoms with Gasteiger partial charge >= 0.3 is 0 Å². The van der Waals surface area contributed by atoms with Gasteiger partial charge in [-0.15, -0.1) is 21.5 Å². The SMILES string of the molecule is O=C(CSc1nnc(-c2cccs2)n1Cc1ccccc1)N1CCCc2ccccc21. The number of aromatic nitrogens is 3. The van der Waals surface area contributed by atoms with E-state index in [-0.39, 0.29) is 5.91 Å². The van der Waals surface area contributed by atoms with Gasteiger partial charge in [0.1, 0.15) is 0 Å². The van der Waals surface area contributed by atoms with Crippen LogP contribution in [0.2, 0.25) is 0 Å². The number of aryl methyl sites for hydroxylation is 1. The normalized spacial score (nSPS) is 13.2. The zero-order valence-electron chi connectivity index (χ0n) is 17.0. The minimum atomic E-state index is 0.115. The zero-order chi connectivity index (χ0) is 21.0. The van der Waals surface area contributed by atoms with Crippen LogP contribution in [-0.2, 0) is 17.8 Å². The van der Waals surface area contributed by atoms with Crippen molar-refractivity contribution in [1.29, 1.82) is 0 Å². The number of thioether (sulfide) groups is 1. The first-order chi connectivity index (χ1) is 15.3. The molecule has 0 fully saturated rings. The van der Waals surface area contributed by atoms with Crippen LogP contribution in [0.15, 0.2) is 77.3 Å². The molecule has 0 atom stereocenters. The second kappa shape index (κ2) is 9.08. The molecule has 2 aromatic heterocycles. The molecule has 2 aromatic carbocycles. The van der Waals surface area contributed by atoms with Gasteiger partial charge in [-0.3, -0.25) is 9.36 Å². The van der Waals surface area contributed by atoms with E-state index in [1.165, 1.54) is 22.9 Å². The summed E-state index contributed by atoms with van der Waals surface area (Å²) in [4.78, 5) is 16.1. The third-order valence-corrected chi connectivity index (χ3v) is 7.20. The molecule has 0 saturated carbocycles. The molecule has 0 radical (unpaired) electrons. The van der Waals surface area contributed by atoms with Crippen LogP contribution < -0.4 is 4.90 Å². The Kier molecular flexibility index (Phi) is 5.86. The molecule has 3 heterocycles. The van der Waals surface area contributed by atoms with Crippen molar-refractivity contribution < 1.29 is 4.79 Å². The predicted molar refractivity (Wildman–Crippen MR) is 127 cm³/mol. The fourth-order valence-electron chi connectivity index (χ4n) is 3.89. The molecule has 0 saturated heterocycles. The highest BCUT2D eigenvalue weighted by atomic mass is 32.2. The molecule has 7 heteroatoms. The van der Waals surface area contributed by atoms with Gasteiger partial charge < -0.3 is 4.90 Å². The molecule has 0 bridgehead atoms. The van der Waals surface area contributed by atoms with Gasteiger partial charge in [-0.1, -0.05) is 66.4 Å². The summed E-state index contributed by atoms with van der Waals surface area (Å²) in [5, 5.41) is 11.7. The standard InChI is InChI=1S/C24H22N4OS2/c29-22(27-14-6-11-19-10-4-5-12-20(19)27)17-31-24-26-25-23(21-13-7-15-30-21)28(24)16-18-8-2-1-3-9-18/h1-5,7-10,12-13,15H,6,11,14,16-17H2. The van der Waals surface area contributed by atoms with Crippen molar-refractivity contribution in [2.75, 3.05) is 17.2 Å². The Hall–Kier alpha value is -2.90. The van der Waals surface area contributed by atoms with E-state index >= 15 is 0 Å². The number of carbonyl (C=O) groups is 1. The molecule has 0 unspecified atom stereocenters. The number of nitrogens with zero attached hydrogens (tertiary/aromatic N) is 4. The van der Waals surface area contributed by atoms with E-state index in [0.29, 0.717) is 12.3 Å². The molecule has 5 nitrogen and oxygen atoms in total. The van der Waals surface area contributed by atoms with Gasteiger partial charge in [-0.05, 0) is 41.5 Å². The fraction of sp³-hybridized carbons (Fsp3) is 0.208. The van der Waals surface area contributed by atoms with Crippen molar-refractivity contribution in [3.63, 3.8) is 0 Å². The van der Waals surface area contributed by atoms with E-state index < -0.39 is 0 Å². The van der Waals surface area contributed by atoms with Gasteiger partial charge in [0.2, 0.25) is 5.91 Å². The lowest BCUT2D eigenvalue weighted by Gasteiger charge is -2.29. The summed E-state index contributed by atoms with van der Waals surface area (Å²) in [6, 6.07) is 22.6. The summed E-state index contributed by atoms with van der Waals surface area (Å²) in [5.74, 6) is 1.30. The summed E-state index contributed by atoms with van der Waals surface area (Å²) >= 11 is 3.11. The van der Waals surface area contributed by atoms with Crippen LogP contribution in [0.3, 0.4) is 0 Å². The number of rotatable bonds is 6. The number of benzene rings is 2. The molecule has 1 aliphatic rings. The Bertz CT molecular complexity index is 1170. The van der Waals surface area contributed by atoms with Crippen LogP contribution >= 0.6 is 23.1 Å². The molecule has 1 amide bonds. The highest BCUT2D eigenvalue weighted by Gasteiger charge is 2.23. The predicted octanol–water partition coefficient (Wildman–Crippen LogP) is 5.13. The van der Waals surface area contributed by atoms with Crippen LogP contribution in [0.1, 0.15) is 17.5 Å². The summed E-state index contributed by atoms with van der Waals surface area (Å²) in [5.41, 5.74) is 3.47. The van der Waals surface area contributed by atoms with E-state index in [2.05, 4.69) is 39.0 Å². The van der Waals surface area contributed by atoms with Crippen LogP contribution in [0.4, 0.5) is 5.69 Å². The van der Waals surface area contributed by atoms with E-state index in [1.807, 2.05) is 52.7 Å². The van der Waals surface area contributed by atoms with E-state index in [4.69, 9.17) is 0 Å². The minimum absolute atomic E-state index is 0.115. The Morgan fingerprint density at radius 2 is 1.84 bits per heavy atom. The van der Waals surface area contributed by atoms with Crippen molar-refractivity contribution >= 4 is 34.7 Å². The minimum Gasteiger partial charge on any atom is -0.311 e. The van der Waals surface area contributed by atoms with Crippen LogP contribution in [0.25, 0.3) is 10.7 Å². The third kappa shape index (κ3) is 4.29. The molecule has 1 aliphatic heterocycles. The Balaban J connectivity index is 1.38. The lowest BCUT2D eigenvalue weighted by molar-refractivity contribution is -0.116. The highest BCUT2D eigenvalue weighted by Crippen LogP contribution is 2.30. The third-order valence-electron chi connectivity index (χ3n) is 5.38. The van der Waals surface area contributed by atoms with E-state index in [0.717, 1.165) is 40.9 Å². The first-order valence-corrected chi connectivity index (χ1v) is 12.2. The molecule has 0 spiro atoms. The summed E-state index contributed by atoms with van der Waals surface area (Å²) < 4.78 is 2.11. The van der Waals surface area contributed by atoms with Gasteiger partial charge in [0.05, 0.1) is 17.2 Å². The van der Waals surface area contributed by atoms with Gasteiger partial charge in [0.15, 0.2) is 11.0 Å². The summed E-state index contributed by atoms with van der Waals surface area (Å²) in [6.45, 7) is 1.44. The number of amides is 1. The van der Waals surface area contributed by atoms with Gasteiger partial charge in [0, 0.05) is 12.2 Å². The van der Waals surface area contributed by atoms with Crippen LogP contribution in [0, 0.1) is 0 Å². The number of anilines is 1. The average Bonchev–Trinajstić information content (AvgIpc) is 3.48. The molecule has 0 aliphatic carbocycles. The second-order valence-electron chi connectivity index (χ2n) is 7.42. The molecular formula is C24H22N4OS2. The largest absolute Gasteiger partial charge is 0.311 e. The summed E-state index contributed by atoms with van der Waals surface area (Å²) in [7, 11) is 0. The Labute approximate surface area is 189 Å². The second-order valence-corrected chi connectivity index (χ2v) is 9.31. The lowest BCUT2D eigenvalue weighted by Crippen LogP contribution is -2.36. The zero-order valence-corrected chi connectivity index (χ0v) is 18.6. The first-order valence-electron chi connectivity index (χ1n) is 10.3. The Morgan fingerprint density at radius 3 is 2.68 bits per heavy atom. The number of para-hydroxylation sites is 1. The van der Waals surface area contributed by atoms with Crippen molar-refractivity contribution in [2.45, 2.75) is 24.5 Å². The highest BCUT2D eigenvalue weighted by molar-refractivity contribution is 7.99. The molecule has 156 valence electrons. The summed E-state index contributed by atoms with van der Waals surface area (Å²) in [6.07, 6.45) is 2.03. The van der Waals surface area contributed by atoms with Crippen LogP contribution in [0.5, 0.6) is 0 Å². The smallest absolute Gasteiger partial charge is 0.237 e. The Morgan fingerprint density at radius 1 is 1.00 bits per heavy atom. The molecule has 31 heavy (non-hydrogen) atoms. The number of thiophene rings is 1. The van der Waals surface area contributed by atoms with Gasteiger partial charge in [0.25, 0.3) is 0 Å². The molecule has 5 rings (SSSR count). The topological polar surface area (TPSA) is 51.0 Å².